The van der Waals surface area contributed by atoms with Crippen molar-refractivity contribution in [2.24, 2.45) is 0 Å². The summed E-state index contributed by atoms with van der Waals surface area (Å²) in [7, 11) is 1.70. The van der Waals surface area contributed by atoms with Gasteiger partial charge in [-0.25, -0.2) is 9.97 Å². The van der Waals surface area contributed by atoms with Gasteiger partial charge in [0.1, 0.15) is 11.6 Å². The van der Waals surface area contributed by atoms with E-state index in [9.17, 15) is 0 Å². The van der Waals surface area contributed by atoms with E-state index in [1.54, 1.807) is 7.11 Å². The zero-order valence-electron chi connectivity index (χ0n) is 18.8. The number of hydrogen-bond acceptors (Lipinski definition) is 3. The van der Waals surface area contributed by atoms with E-state index in [0.29, 0.717) is 0 Å². The number of H-pyrrole nitrogens is 2. The summed E-state index contributed by atoms with van der Waals surface area (Å²) in [6.07, 6.45) is 7.64. The number of aromatic amines is 2. The van der Waals surface area contributed by atoms with Crippen molar-refractivity contribution in [3.63, 3.8) is 0 Å². The van der Waals surface area contributed by atoms with Crippen LogP contribution in [0.4, 0.5) is 0 Å². The van der Waals surface area contributed by atoms with E-state index >= 15 is 0 Å². The van der Waals surface area contributed by atoms with Crippen molar-refractivity contribution >= 4 is 21.8 Å². The molecule has 0 spiro atoms. The van der Waals surface area contributed by atoms with Gasteiger partial charge in [0.25, 0.3) is 0 Å². The lowest BCUT2D eigenvalue weighted by molar-refractivity contribution is 0.415. The molecule has 2 N–H and O–H groups in total. The van der Waals surface area contributed by atoms with Gasteiger partial charge < -0.3 is 14.7 Å². The van der Waals surface area contributed by atoms with Crippen molar-refractivity contribution in [2.75, 3.05) is 7.11 Å². The Bertz CT molecular complexity index is 1400. The summed E-state index contributed by atoms with van der Waals surface area (Å²) in [4.78, 5) is 16.1. The summed E-state index contributed by atoms with van der Waals surface area (Å²) in [5.41, 5.74) is 8.54. The molecule has 0 saturated carbocycles. The normalized spacial score (nSPS) is 11.5. The fourth-order valence-corrected chi connectivity index (χ4v) is 4.42. The molecule has 0 bridgehead atoms. The zero-order chi connectivity index (χ0) is 22.1. The maximum Gasteiger partial charge on any atom is 0.128 e. The fourth-order valence-electron chi connectivity index (χ4n) is 4.42. The monoisotopic (exact) mass is 424 g/mol. The number of methoxy groups -OCH3 is 1. The topological polar surface area (TPSA) is 66.6 Å². The summed E-state index contributed by atoms with van der Waals surface area (Å²) in [5.74, 6) is 1.80. The van der Waals surface area contributed by atoms with Gasteiger partial charge in [-0.15, -0.1) is 0 Å². The van der Waals surface area contributed by atoms with Crippen molar-refractivity contribution in [1.29, 1.82) is 0 Å². The lowest BCUT2D eigenvalue weighted by Crippen LogP contribution is -2.01. The minimum Gasteiger partial charge on any atom is -0.497 e. The molecule has 5 aromatic rings. The summed E-state index contributed by atoms with van der Waals surface area (Å²) in [5, 5.41) is 2.52. The van der Waals surface area contributed by atoms with E-state index < -0.39 is 0 Å². The Morgan fingerprint density at radius 1 is 0.938 bits per heavy atom. The largest absolute Gasteiger partial charge is 0.497 e. The first-order valence-electron chi connectivity index (χ1n) is 11.1. The van der Waals surface area contributed by atoms with E-state index in [0.717, 1.165) is 48.5 Å². The van der Waals surface area contributed by atoms with Crippen molar-refractivity contribution in [2.45, 2.75) is 39.5 Å². The number of fused-ring (bicyclic) bond motifs is 2. The summed E-state index contributed by atoms with van der Waals surface area (Å²) < 4.78 is 5.38. The number of rotatable bonds is 7. The van der Waals surface area contributed by atoms with Gasteiger partial charge in [0.2, 0.25) is 0 Å². The minimum absolute atomic E-state index is 0.817. The van der Waals surface area contributed by atoms with Crippen LogP contribution >= 0.6 is 0 Å². The van der Waals surface area contributed by atoms with E-state index in [2.05, 4.69) is 65.3 Å². The summed E-state index contributed by atoms with van der Waals surface area (Å²) in [6, 6.07) is 14.8. The Balaban J connectivity index is 1.26. The second kappa shape index (κ2) is 8.50. The standard InChI is InChI=1S/C27H28N4O/c1-17-18(2)30-26-9-7-19(14-23(17)26)13-21-11-12-28-27(31-21)6-4-5-20-16-29-25-10-8-22(32-3)15-24(20)25/h7-12,14-16,29-30H,4-6,13H2,1-3H3. The highest BCUT2D eigenvalue weighted by Crippen LogP contribution is 2.25. The maximum absolute atomic E-state index is 5.38. The molecule has 0 aliphatic rings. The molecule has 0 unspecified atom stereocenters. The maximum atomic E-state index is 5.38. The third-order valence-corrected chi connectivity index (χ3v) is 6.34. The molecule has 3 heterocycles. The van der Waals surface area contributed by atoms with Crippen LogP contribution in [0, 0.1) is 13.8 Å². The van der Waals surface area contributed by atoms with Crippen LogP contribution < -0.4 is 4.74 Å². The van der Waals surface area contributed by atoms with Crippen LogP contribution in [0.3, 0.4) is 0 Å². The molecule has 0 aliphatic heterocycles. The van der Waals surface area contributed by atoms with Gasteiger partial charge in [0.05, 0.1) is 7.11 Å². The van der Waals surface area contributed by atoms with Gasteiger partial charge in [-0.05, 0) is 79.8 Å². The van der Waals surface area contributed by atoms with Gasteiger partial charge >= 0.3 is 0 Å². The second-order valence-electron chi connectivity index (χ2n) is 8.47. The highest BCUT2D eigenvalue weighted by atomic mass is 16.5. The molecule has 3 aromatic heterocycles. The van der Waals surface area contributed by atoms with Crippen LogP contribution in [-0.2, 0) is 19.3 Å². The number of hydrogen-bond donors (Lipinski definition) is 2. The predicted molar refractivity (Wildman–Crippen MR) is 129 cm³/mol. The van der Waals surface area contributed by atoms with Crippen molar-refractivity contribution in [1.82, 2.24) is 19.9 Å². The Hall–Kier alpha value is -3.60. The van der Waals surface area contributed by atoms with Crippen molar-refractivity contribution < 1.29 is 4.74 Å². The molecule has 0 saturated heterocycles. The molecular weight excluding hydrogens is 396 g/mol. The van der Waals surface area contributed by atoms with Gasteiger partial charge in [0.15, 0.2) is 0 Å². The second-order valence-corrected chi connectivity index (χ2v) is 8.47. The lowest BCUT2D eigenvalue weighted by atomic mass is 10.0. The first-order valence-corrected chi connectivity index (χ1v) is 11.1. The van der Waals surface area contributed by atoms with E-state index in [-0.39, 0.29) is 0 Å². The smallest absolute Gasteiger partial charge is 0.128 e. The van der Waals surface area contributed by atoms with Crippen LogP contribution in [0.1, 0.15) is 40.3 Å². The summed E-state index contributed by atoms with van der Waals surface area (Å²) >= 11 is 0. The molecular formula is C27H28N4O. The van der Waals surface area contributed by atoms with Crippen LogP contribution in [0.2, 0.25) is 0 Å². The number of nitrogens with one attached hydrogen (secondary N) is 2. The first-order chi connectivity index (χ1) is 15.6. The molecule has 2 aromatic carbocycles. The predicted octanol–water partition coefficient (Wildman–Crippen LogP) is 5.83. The van der Waals surface area contributed by atoms with Crippen molar-refractivity contribution in [3.05, 3.63) is 88.8 Å². The molecule has 162 valence electrons. The van der Waals surface area contributed by atoms with Crippen molar-refractivity contribution in [3.8, 4) is 5.75 Å². The molecule has 5 heteroatoms. The molecule has 0 amide bonds. The van der Waals surface area contributed by atoms with Gasteiger partial charge in [-0.2, -0.15) is 0 Å². The van der Waals surface area contributed by atoms with Crippen LogP contribution in [-0.4, -0.2) is 27.0 Å². The van der Waals surface area contributed by atoms with E-state index in [1.807, 2.05) is 18.3 Å². The molecule has 32 heavy (non-hydrogen) atoms. The average molecular weight is 425 g/mol. The number of nitrogens with zero attached hydrogens (tertiary/aromatic N) is 2. The molecule has 0 radical (unpaired) electrons. The van der Waals surface area contributed by atoms with E-state index in [4.69, 9.17) is 9.72 Å². The molecule has 0 atom stereocenters. The molecule has 0 fully saturated rings. The van der Waals surface area contributed by atoms with Crippen LogP contribution in [0.5, 0.6) is 5.75 Å². The van der Waals surface area contributed by atoms with E-state index in [1.165, 1.54) is 38.7 Å². The van der Waals surface area contributed by atoms with Gasteiger partial charge in [-0.1, -0.05) is 6.07 Å². The number of aryl methyl sites for hydroxylation is 4. The van der Waals surface area contributed by atoms with Crippen LogP contribution in [0.15, 0.2) is 54.9 Å². The Morgan fingerprint density at radius 2 is 1.81 bits per heavy atom. The third kappa shape index (κ3) is 3.98. The number of benzene rings is 2. The fraction of sp³-hybridized carbons (Fsp3) is 0.259. The first kappa shape index (κ1) is 20.3. The quantitative estimate of drug-likeness (QED) is 0.345. The lowest BCUT2D eigenvalue weighted by Gasteiger charge is -2.06. The van der Waals surface area contributed by atoms with Gasteiger partial charge in [0, 0.05) is 58.4 Å². The molecule has 5 nitrogen and oxygen atoms in total. The Kier molecular flexibility index (Phi) is 5.39. The number of ether oxygens (including phenoxy) is 1. The minimum atomic E-state index is 0.817. The van der Waals surface area contributed by atoms with Crippen LogP contribution in [0.25, 0.3) is 21.8 Å². The highest BCUT2D eigenvalue weighted by molar-refractivity contribution is 5.85. The Morgan fingerprint density at radius 3 is 2.69 bits per heavy atom. The highest BCUT2D eigenvalue weighted by Gasteiger charge is 2.08. The molecule has 0 aliphatic carbocycles. The SMILES string of the molecule is COc1ccc2[nH]cc(CCCc3nccc(Cc4ccc5[nH]c(C)c(C)c5c4)n3)c2c1. The number of aromatic nitrogens is 4. The van der Waals surface area contributed by atoms with Gasteiger partial charge in [-0.3, -0.25) is 0 Å². The zero-order valence-corrected chi connectivity index (χ0v) is 18.8. The summed E-state index contributed by atoms with van der Waals surface area (Å²) in [6.45, 7) is 4.29. The third-order valence-electron chi connectivity index (χ3n) is 6.34. The average Bonchev–Trinajstić information content (AvgIpc) is 3.34. The molecule has 5 rings (SSSR count). The Labute approximate surface area is 187 Å².